The largest absolute Gasteiger partial charge is 0.548 e. The maximum absolute atomic E-state index is 6.19. The predicted octanol–water partition coefficient (Wildman–Crippen LogP) is 5.10. The van der Waals surface area contributed by atoms with E-state index in [0.29, 0.717) is 5.41 Å². The van der Waals surface area contributed by atoms with Gasteiger partial charge in [-0.15, -0.1) is 0 Å². The molecule has 0 amide bonds. The Kier molecular flexibility index (Phi) is 3.46. The summed E-state index contributed by atoms with van der Waals surface area (Å²) in [7, 11) is -1.42. The molecule has 0 bridgehead atoms. The first-order chi connectivity index (χ1) is 7.80. The van der Waals surface area contributed by atoms with Crippen LogP contribution in [-0.2, 0) is 4.43 Å². The summed E-state index contributed by atoms with van der Waals surface area (Å²) in [4.78, 5) is 0. The number of allylic oxidation sites excluding steroid dienone is 2. The fraction of sp³-hybridized carbons (Fsp3) is 0.867. The van der Waals surface area contributed by atoms with E-state index in [1.54, 1.807) is 5.57 Å². The summed E-state index contributed by atoms with van der Waals surface area (Å²) in [6.07, 6.45) is 8.37. The van der Waals surface area contributed by atoms with Gasteiger partial charge >= 0.3 is 0 Å². The fourth-order valence-electron chi connectivity index (χ4n) is 3.71. The molecular formula is C15H28OSi. The van der Waals surface area contributed by atoms with Gasteiger partial charge in [-0.05, 0) is 69.2 Å². The minimum atomic E-state index is -1.42. The average molecular weight is 252 g/mol. The smallest absolute Gasteiger partial charge is 0.241 e. The molecule has 2 fully saturated rings. The van der Waals surface area contributed by atoms with Crippen LogP contribution in [0.15, 0.2) is 11.3 Å². The van der Waals surface area contributed by atoms with Crippen LogP contribution >= 0.6 is 0 Å². The summed E-state index contributed by atoms with van der Waals surface area (Å²) < 4.78 is 6.19. The lowest BCUT2D eigenvalue weighted by Gasteiger charge is -2.35. The van der Waals surface area contributed by atoms with E-state index in [1.165, 1.54) is 44.3 Å². The molecule has 2 atom stereocenters. The molecule has 0 aromatic rings. The van der Waals surface area contributed by atoms with Crippen LogP contribution < -0.4 is 0 Å². The Bertz CT molecular complexity index is 326. The van der Waals surface area contributed by atoms with Crippen LogP contribution in [0.25, 0.3) is 0 Å². The Morgan fingerprint density at radius 3 is 2.59 bits per heavy atom. The summed E-state index contributed by atoms with van der Waals surface area (Å²) in [6.45, 7) is 11.5. The molecule has 0 aromatic carbocycles. The van der Waals surface area contributed by atoms with Gasteiger partial charge in [0.2, 0.25) is 8.32 Å². The molecule has 1 nitrogen and oxygen atoms in total. The van der Waals surface area contributed by atoms with Gasteiger partial charge in [-0.3, -0.25) is 0 Å². The van der Waals surface area contributed by atoms with E-state index in [1.807, 2.05) is 0 Å². The van der Waals surface area contributed by atoms with Crippen LogP contribution in [0.3, 0.4) is 0 Å². The van der Waals surface area contributed by atoms with Crippen LogP contribution in [0.2, 0.25) is 19.6 Å². The zero-order valence-corrected chi connectivity index (χ0v) is 13.2. The average Bonchev–Trinajstić information content (AvgIpc) is 2.52. The summed E-state index contributed by atoms with van der Waals surface area (Å²) in [5.41, 5.74) is 2.22. The lowest BCUT2D eigenvalue weighted by atomic mass is 9.70. The highest BCUT2D eigenvalue weighted by Crippen LogP contribution is 2.54. The minimum absolute atomic E-state index is 0.595. The van der Waals surface area contributed by atoms with Gasteiger partial charge in [0.15, 0.2) is 0 Å². The zero-order valence-electron chi connectivity index (χ0n) is 12.2. The number of fused-ring (bicyclic) bond motifs is 1. The molecule has 0 heterocycles. The van der Waals surface area contributed by atoms with Crippen molar-refractivity contribution < 1.29 is 4.43 Å². The van der Waals surface area contributed by atoms with Crippen LogP contribution in [0, 0.1) is 11.3 Å². The molecule has 0 N–H and O–H groups in total. The van der Waals surface area contributed by atoms with Crippen molar-refractivity contribution in [2.45, 2.75) is 72.0 Å². The first kappa shape index (κ1) is 13.2. The van der Waals surface area contributed by atoms with Gasteiger partial charge in [0.1, 0.15) is 0 Å². The molecular weight excluding hydrogens is 224 g/mol. The van der Waals surface area contributed by atoms with Gasteiger partial charge in [0, 0.05) is 0 Å². The Balaban J connectivity index is 2.12. The molecule has 0 saturated heterocycles. The van der Waals surface area contributed by atoms with Crippen LogP contribution in [0.4, 0.5) is 0 Å². The van der Waals surface area contributed by atoms with E-state index in [-0.39, 0.29) is 0 Å². The van der Waals surface area contributed by atoms with Gasteiger partial charge in [0.25, 0.3) is 0 Å². The molecule has 17 heavy (non-hydrogen) atoms. The van der Waals surface area contributed by atoms with Crippen molar-refractivity contribution in [1.82, 2.24) is 0 Å². The van der Waals surface area contributed by atoms with E-state index in [0.717, 1.165) is 5.92 Å². The van der Waals surface area contributed by atoms with Gasteiger partial charge in [-0.2, -0.15) is 0 Å². The summed E-state index contributed by atoms with van der Waals surface area (Å²) >= 11 is 0. The van der Waals surface area contributed by atoms with Crippen molar-refractivity contribution in [1.29, 1.82) is 0 Å². The van der Waals surface area contributed by atoms with E-state index in [4.69, 9.17) is 4.43 Å². The fourth-order valence-corrected chi connectivity index (χ4v) is 4.77. The molecule has 2 aliphatic carbocycles. The van der Waals surface area contributed by atoms with Crippen molar-refractivity contribution in [3.05, 3.63) is 11.3 Å². The van der Waals surface area contributed by atoms with Gasteiger partial charge in [-0.25, -0.2) is 0 Å². The SMILES string of the molecule is CC(O[Si](C)(C)C)=C1C[C@@H]2CCCC[C@]2(C)C1. The Hall–Kier alpha value is -0.243. The second-order valence-electron chi connectivity index (χ2n) is 7.35. The normalized spacial score (nSPS) is 36.6. The maximum atomic E-state index is 6.19. The highest BCUT2D eigenvalue weighted by atomic mass is 28.4. The number of hydrogen-bond acceptors (Lipinski definition) is 1. The van der Waals surface area contributed by atoms with Gasteiger partial charge < -0.3 is 4.43 Å². The van der Waals surface area contributed by atoms with Gasteiger partial charge in [-0.1, -0.05) is 19.8 Å². The first-order valence-corrected chi connectivity index (χ1v) is 10.6. The summed E-state index contributed by atoms with van der Waals surface area (Å²) in [5, 5.41) is 0. The molecule has 0 aromatic heterocycles. The van der Waals surface area contributed by atoms with E-state index in [2.05, 4.69) is 33.5 Å². The van der Waals surface area contributed by atoms with Crippen molar-refractivity contribution in [2.24, 2.45) is 11.3 Å². The highest BCUT2D eigenvalue weighted by molar-refractivity contribution is 6.70. The molecule has 2 aliphatic rings. The van der Waals surface area contributed by atoms with Crippen molar-refractivity contribution in [3.63, 3.8) is 0 Å². The molecule has 0 unspecified atom stereocenters. The van der Waals surface area contributed by atoms with Crippen molar-refractivity contribution in [2.75, 3.05) is 0 Å². The standard InChI is InChI=1S/C15H28OSi/c1-12(16-17(3,4)5)13-10-14-8-6-7-9-15(14,2)11-13/h14H,6-11H2,1-5H3/t14-,15+/m0/s1. The van der Waals surface area contributed by atoms with Crippen LogP contribution in [0.1, 0.15) is 52.4 Å². The molecule has 0 radical (unpaired) electrons. The predicted molar refractivity (Wildman–Crippen MR) is 76.4 cm³/mol. The monoisotopic (exact) mass is 252 g/mol. The maximum Gasteiger partial charge on any atom is 0.241 e. The number of rotatable bonds is 2. The lowest BCUT2D eigenvalue weighted by molar-refractivity contribution is 0.153. The zero-order chi connectivity index (χ0) is 12.7. The Morgan fingerprint density at radius 2 is 2.00 bits per heavy atom. The van der Waals surface area contributed by atoms with Crippen LogP contribution in [0.5, 0.6) is 0 Å². The second-order valence-corrected chi connectivity index (χ2v) is 11.8. The number of hydrogen-bond donors (Lipinski definition) is 0. The quantitative estimate of drug-likeness (QED) is 0.490. The summed E-state index contributed by atoms with van der Waals surface area (Å²) in [5.74, 6) is 2.20. The Labute approximate surface area is 108 Å². The summed E-state index contributed by atoms with van der Waals surface area (Å²) in [6, 6.07) is 0. The molecule has 2 rings (SSSR count). The third-order valence-corrected chi connectivity index (χ3v) is 5.52. The minimum Gasteiger partial charge on any atom is -0.548 e. The lowest BCUT2D eigenvalue weighted by Crippen LogP contribution is -2.25. The molecule has 0 aliphatic heterocycles. The third kappa shape index (κ3) is 2.96. The third-order valence-electron chi connectivity index (χ3n) is 4.60. The van der Waals surface area contributed by atoms with Crippen molar-refractivity contribution >= 4 is 8.32 Å². The molecule has 2 saturated carbocycles. The van der Waals surface area contributed by atoms with Gasteiger partial charge in [0.05, 0.1) is 5.76 Å². The molecule has 2 heteroatoms. The first-order valence-electron chi connectivity index (χ1n) is 7.18. The second kappa shape index (κ2) is 4.45. The Morgan fingerprint density at radius 1 is 1.29 bits per heavy atom. The van der Waals surface area contributed by atoms with Crippen molar-refractivity contribution in [3.8, 4) is 0 Å². The topological polar surface area (TPSA) is 9.23 Å². The van der Waals surface area contributed by atoms with E-state index < -0.39 is 8.32 Å². The highest BCUT2D eigenvalue weighted by Gasteiger charge is 2.43. The van der Waals surface area contributed by atoms with E-state index >= 15 is 0 Å². The van der Waals surface area contributed by atoms with E-state index in [9.17, 15) is 0 Å². The van der Waals surface area contributed by atoms with Crippen LogP contribution in [-0.4, -0.2) is 8.32 Å². The molecule has 98 valence electrons. The molecule has 0 spiro atoms.